The van der Waals surface area contributed by atoms with Crippen LogP contribution in [0.4, 0.5) is 0 Å². The quantitative estimate of drug-likeness (QED) is 0.673. The number of halogens is 1. The van der Waals surface area contributed by atoms with Crippen molar-refractivity contribution < 1.29 is 0 Å². The van der Waals surface area contributed by atoms with Gasteiger partial charge in [-0.05, 0) is 43.4 Å². The predicted octanol–water partition coefficient (Wildman–Crippen LogP) is 2.45. The Labute approximate surface area is 79.0 Å². The first-order valence-electron chi connectivity index (χ1n) is 4.47. The highest BCUT2D eigenvalue weighted by Gasteiger charge is 2.33. The zero-order valence-corrected chi connectivity index (χ0v) is 8.19. The highest BCUT2D eigenvalue weighted by Crippen LogP contribution is 2.37. The summed E-state index contributed by atoms with van der Waals surface area (Å²) in [5.74, 6) is 0.779. The first-order chi connectivity index (χ1) is 5.72. The molecule has 0 unspecified atom stereocenters. The molecule has 2 nitrogen and oxygen atoms in total. The zero-order valence-electron chi connectivity index (χ0n) is 7.44. The lowest BCUT2D eigenvalue weighted by atomic mass is 9.72. The van der Waals surface area contributed by atoms with Crippen molar-refractivity contribution in [2.24, 2.45) is 11.3 Å². The minimum atomic E-state index is -0.186. The number of nitrogens with one attached hydrogen (secondary N) is 1. The van der Waals surface area contributed by atoms with Crippen LogP contribution in [-0.4, -0.2) is 6.54 Å². The van der Waals surface area contributed by atoms with Crippen molar-refractivity contribution in [3.05, 3.63) is 0 Å². The monoisotopic (exact) mass is 186 g/mol. The van der Waals surface area contributed by atoms with Crippen LogP contribution in [-0.2, 0) is 0 Å². The van der Waals surface area contributed by atoms with E-state index < -0.39 is 0 Å². The van der Waals surface area contributed by atoms with E-state index in [1.54, 1.807) is 0 Å². The van der Waals surface area contributed by atoms with Gasteiger partial charge in [-0.2, -0.15) is 5.26 Å². The average Bonchev–Trinajstić information content (AvgIpc) is 2.10. The molecule has 12 heavy (non-hydrogen) atoms. The summed E-state index contributed by atoms with van der Waals surface area (Å²) in [5.41, 5.74) is -0.186. The Kier molecular flexibility index (Phi) is 3.37. The van der Waals surface area contributed by atoms with Crippen LogP contribution >= 0.6 is 11.8 Å². The fourth-order valence-electron chi connectivity index (χ4n) is 1.77. The second-order valence-electron chi connectivity index (χ2n) is 3.89. The maximum absolute atomic E-state index is 9.01. The molecule has 1 aliphatic carbocycles. The number of hydrogen-bond acceptors (Lipinski definition) is 2. The zero-order chi connectivity index (χ0) is 9.03. The van der Waals surface area contributed by atoms with E-state index in [0.29, 0.717) is 6.54 Å². The Morgan fingerprint density at radius 3 is 2.58 bits per heavy atom. The normalized spacial score (nSPS) is 35.9. The molecule has 0 aromatic rings. The van der Waals surface area contributed by atoms with Gasteiger partial charge >= 0.3 is 0 Å². The maximum atomic E-state index is 9.01. The van der Waals surface area contributed by atoms with Crippen LogP contribution in [0.2, 0.25) is 0 Å². The molecule has 0 radical (unpaired) electrons. The molecule has 1 aliphatic rings. The summed E-state index contributed by atoms with van der Waals surface area (Å²) in [6.07, 6.45) is 4.30. The van der Waals surface area contributed by atoms with E-state index in [1.165, 1.54) is 0 Å². The van der Waals surface area contributed by atoms with Gasteiger partial charge in [-0.15, -0.1) is 0 Å². The first-order valence-corrected chi connectivity index (χ1v) is 4.85. The molecule has 0 heterocycles. The van der Waals surface area contributed by atoms with Gasteiger partial charge in [-0.25, -0.2) is 4.84 Å². The van der Waals surface area contributed by atoms with Crippen LogP contribution in [0.5, 0.6) is 0 Å². The fourth-order valence-corrected chi connectivity index (χ4v) is 2.03. The van der Waals surface area contributed by atoms with Gasteiger partial charge in [-0.1, -0.05) is 6.92 Å². The molecule has 0 spiro atoms. The van der Waals surface area contributed by atoms with Crippen LogP contribution in [0, 0.1) is 22.7 Å². The Balaban J connectivity index is 2.52. The summed E-state index contributed by atoms with van der Waals surface area (Å²) in [6.45, 7) is 2.87. The van der Waals surface area contributed by atoms with Gasteiger partial charge in [0.25, 0.3) is 0 Å². The van der Waals surface area contributed by atoms with Crippen molar-refractivity contribution >= 4 is 11.8 Å². The Morgan fingerprint density at radius 1 is 1.58 bits per heavy atom. The third kappa shape index (κ3) is 2.12. The van der Waals surface area contributed by atoms with Crippen molar-refractivity contribution in [2.45, 2.75) is 32.6 Å². The van der Waals surface area contributed by atoms with Gasteiger partial charge in [0, 0.05) is 6.54 Å². The number of nitriles is 1. The van der Waals surface area contributed by atoms with Crippen molar-refractivity contribution in [1.29, 1.82) is 5.26 Å². The highest BCUT2D eigenvalue weighted by molar-refractivity contribution is 6.13. The second kappa shape index (κ2) is 4.11. The standard InChI is InChI=1S/C9H15ClN2/c1-8-2-4-9(6-11,5-3-8)7-12-10/h8,12H,2-5,7H2,1H3. The smallest absolute Gasteiger partial charge is 0.0711 e. The van der Waals surface area contributed by atoms with Gasteiger partial charge < -0.3 is 0 Å². The molecule has 0 atom stereocenters. The van der Waals surface area contributed by atoms with E-state index in [0.717, 1.165) is 31.6 Å². The van der Waals surface area contributed by atoms with Gasteiger partial charge in [-0.3, -0.25) is 0 Å². The minimum absolute atomic E-state index is 0.186. The molecule has 1 N–H and O–H groups in total. The second-order valence-corrected chi connectivity index (χ2v) is 4.15. The SMILES string of the molecule is CC1CCC(C#N)(CNCl)CC1. The number of rotatable bonds is 2. The maximum Gasteiger partial charge on any atom is 0.0711 e. The van der Waals surface area contributed by atoms with Gasteiger partial charge in [0.1, 0.15) is 0 Å². The molecule has 68 valence electrons. The van der Waals surface area contributed by atoms with Crippen LogP contribution in [0.25, 0.3) is 0 Å². The first kappa shape index (κ1) is 9.83. The predicted molar refractivity (Wildman–Crippen MR) is 49.5 cm³/mol. The van der Waals surface area contributed by atoms with Gasteiger partial charge in [0.05, 0.1) is 11.5 Å². The van der Waals surface area contributed by atoms with Crippen LogP contribution < -0.4 is 4.84 Å². The van der Waals surface area contributed by atoms with E-state index in [1.807, 2.05) is 0 Å². The summed E-state index contributed by atoms with van der Waals surface area (Å²) >= 11 is 5.44. The van der Waals surface area contributed by atoms with E-state index in [9.17, 15) is 0 Å². The molecule has 3 heteroatoms. The molecule has 0 saturated heterocycles. The highest BCUT2D eigenvalue weighted by atomic mass is 35.5. The lowest BCUT2D eigenvalue weighted by molar-refractivity contribution is 0.223. The summed E-state index contributed by atoms with van der Waals surface area (Å²) in [6, 6.07) is 2.39. The number of nitrogens with zero attached hydrogens (tertiary/aromatic N) is 1. The topological polar surface area (TPSA) is 35.8 Å². The minimum Gasteiger partial charge on any atom is -0.232 e. The lowest BCUT2D eigenvalue weighted by Crippen LogP contribution is -2.33. The van der Waals surface area contributed by atoms with Crippen molar-refractivity contribution in [2.75, 3.05) is 6.54 Å². The van der Waals surface area contributed by atoms with Crippen molar-refractivity contribution in [3.8, 4) is 6.07 Å². The van der Waals surface area contributed by atoms with Crippen molar-refractivity contribution in [3.63, 3.8) is 0 Å². The van der Waals surface area contributed by atoms with E-state index in [4.69, 9.17) is 17.0 Å². The Hall–Kier alpha value is -0.260. The van der Waals surface area contributed by atoms with Gasteiger partial charge in [0.2, 0.25) is 0 Å². The average molecular weight is 187 g/mol. The molecule has 1 fully saturated rings. The van der Waals surface area contributed by atoms with Crippen LogP contribution in [0.1, 0.15) is 32.6 Å². The van der Waals surface area contributed by atoms with Crippen LogP contribution in [0.15, 0.2) is 0 Å². The summed E-state index contributed by atoms with van der Waals surface area (Å²) in [4.78, 5) is 2.59. The van der Waals surface area contributed by atoms with E-state index in [2.05, 4.69) is 17.8 Å². The summed E-state index contributed by atoms with van der Waals surface area (Å²) in [7, 11) is 0. The molecule has 0 amide bonds. The lowest BCUT2D eigenvalue weighted by Gasteiger charge is -2.32. The molecule has 0 bridgehead atoms. The molecule has 0 aromatic heterocycles. The Bertz CT molecular complexity index is 177. The fraction of sp³-hybridized carbons (Fsp3) is 0.889. The van der Waals surface area contributed by atoms with E-state index in [-0.39, 0.29) is 5.41 Å². The number of hydrogen-bond donors (Lipinski definition) is 1. The molecule has 0 aromatic carbocycles. The van der Waals surface area contributed by atoms with Crippen molar-refractivity contribution in [1.82, 2.24) is 4.84 Å². The molecular weight excluding hydrogens is 172 g/mol. The summed E-state index contributed by atoms with van der Waals surface area (Å²) in [5, 5.41) is 9.01. The van der Waals surface area contributed by atoms with Crippen LogP contribution in [0.3, 0.4) is 0 Å². The summed E-state index contributed by atoms with van der Waals surface area (Å²) < 4.78 is 0. The molecule has 1 rings (SSSR count). The Morgan fingerprint density at radius 2 is 2.17 bits per heavy atom. The molecule has 1 saturated carbocycles. The largest absolute Gasteiger partial charge is 0.232 e. The molecular formula is C9H15ClN2. The van der Waals surface area contributed by atoms with E-state index >= 15 is 0 Å². The third-order valence-corrected chi connectivity index (χ3v) is 3.01. The molecule has 0 aliphatic heterocycles. The van der Waals surface area contributed by atoms with Gasteiger partial charge in [0.15, 0.2) is 0 Å². The third-order valence-electron chi connectivity index (χ3n) is 2.87.